The zero-order chi connectivity index (χ0) is 11.3. The van der Waals surface area contributed by atoms with Gasteiger partial charge in [0.1, 0.15) is 5.82 Å². The predicted molar refractivity (Wildman–Crippen MR) is 65.8 cm³/mol. The van der Waals surface area contributed by atoms with E-state index in [0.717, 1.165) is 12.2 Å². The first-order valence-corrected chi connectivity index (χ1v) is 6.44. The van der Waals surface area contributed by atoms with E-state index in [1.807, 2.05) is 6.92 Å². The van der Waals surface area contributed by atoms with E-state index >= 15 is 0 Å². The van der Waals surface area contributed by atoms with Gasteiger partial charge in [0.2, 0.25) is 0 Å². The topological polar surface area (TPSA) is 26.0 Å². The number of benzene rings is 1. The molecule has 1 unspecified atom stereocenters. The van der Waals surface area contributed by atoms with Crippen molar-refractivity contribution in [2.45, 2.75) is 25.1 Å². The Hall–Kier alpha value is -0.250. The van der Waals surface area contributed by atoms with Crippen LogP contribution in [0.25, 0.3) is 0 Å². The van der Waals surface area contributed by atoms with E-state index in [2.05, 4.69) is 0 Å². The van der Waals surface area contributed by atoms with Crippen LogP contribution in [0.15, 0.2) is 18.2 Å². The van der Waals surface area contributed by atoms with E-state index in [-0.39, 0.29) is 11.9 Å². The second-order valence-electron chi connectivity index (χ2n) is 3.42. The van der Waals surface area contributed by atoms with Crippen molar-refractivity contribution in [1.82, 2.24) is 0 Å². The van der Waals surface area contributed by atoms with Crippen LogP contribution < -0.4 is 5.73 Å². The van der Waals surface area contributed by atoms with Gasteiger partial charge >= 0.3 is 0 Å². The van der Waals surface area contributed by atoms with E-state index in [4.69, 9.17) is 17.3 Å². The lowest BCUT2D eigenvalue weighted by Gasteiger charge is -2.08. The third-order valence-corrected chi connectivity index (χ3v) is 3.54. The summed E-state index contributed by atoms with van der Waals surface area (Å²) < 4.78 is 13.3. The van der Waals surface area contributed by atoms with Crippen LogP contribution in [0.5, 0.6) is 0 Å². The van der Waals surface area contributed by atoms with Crippen molar-refractivity contribution in [3.63, 3.8) is 0 Å². The van der Waals surface area contributed by atoms with Crippen LogP contribution >= 0.6 is 23.4 Å². The Morgan fingerprint density at radius 2 is 2.27 bits per heavy atom. The van der Waals surface area contributed by atoms with Crippen molar-refractivity contribution in [2.75, 3.05) is 5.75 Å². The molecule has 0 amide bonds. The van der Waals surface area contributed by atoms with Crippen molar-refractivity contribution in [2.24, 2.45) is 5.73 Å². The van der Waals surface area contributed by atoms with E-state index in [1.54, 1.807) is 23.9 Å². The van der Waals surface area contributed by atoms with Crippen LogP contribution in [0.3, 0.4) is 0 Å². The molecule has 0 radical (unpaired) electrons. The molecule has 0 aliphatic rings. The quantitative estimate of drug-likeness (QED) is 0.863. The van der Waals surface area contributed by atoms with Crippen molar-refractivity contribution in [3.8, 4) is 0 Å². The van der Waals surface area contributed by atoms with Crippen LogP contribution in [0, 0.1) is 5.82 Å². The molecule has 0 aliphatic carbocycles. The third kappa shape index (κ3) is 4.41. The minimum atomic E-state index is -0.197. The second kappa shape index (κ2) is 6.36. The number of hydrogen-bond acceptors (Lipinski definition) is 2. The third-order valence-electron chi connectivity index (χ3n) is 2.12. The summed E-state index contributed by atoms with van der Waals surface area (Å²) >= 11 is 7.42. The summed E-state index contributed by atoms with van der Waals surface area (Å²) in [7, 11) is 0. The Morgan fingerprint density at radius 1 is 1.53 bits per heavy atom. The summed E-state index contributed by atoms with van der Waals surface area (Å²) in [5.41, 5.74) is 6.41. The first-order chi connectivity index (χ1) is 7.13. The average Bonchev–Trinajstić information content (AvgIpc) is 2.23. The van der Waals surface area contributed by atoms with Gasteiger partial charge in [-0.25, -0.2) is 4.39 Å². The largest absolute Gasteiger partial charge is 0.327 e. The molecule has 2 N–H and O–H groups in total. The van der Waals surface area contributed by atoms with Gasteiger partial charge in [-0.3, -0.25) is 0 Å². The zero-order valence-electron chi connectivity index (χ0n) is 8.67. The molecular weight excluding hydrogens is 233 g/mol. The molecule has 0 fully saturated rings. The summed E-state index contributed by atoms with van der Waals surface area (Å²) in [5, 5.41) is 0.576. The summed E-state index contributed by atoms with van der Waals surface area (Å²) in [6, 6.07) is 4.82. The first-order valence-electron chi connectivity index (χ1n) is 4.90. The number of hydrogen-bond donors (Lipinski definition) is 1. The van der Waals surface area contributed by atoms with Crippen molar-refractivity contribution in [1.29, 1.82) is 0 Å². The molecular formula is C11H15ClFNS. The van der Waals surface area contributed by atoms with E-state index in [1.165, 1.54) is 6.07 Å². The van der Waals surface area contributed by atoms with Crippen molar-refractivity contribution in [3.05, 3.63) is 34.6 Å². The maximum atomic E-state index is 13.3. The molecule has 1 rings (SSSR count). The molecule has 1 nitrogen and oxygen atoms in total. The summed E-state index contributed by atoms with van der Waals surface area (Å²) in [6.45, 7) is 2.05. The average molecular weight is 248 g/mol. The maximum Gasteiger partial charge on any atom is 0.127 e. The molecule has 0 saturated heterocycles. The summed E-state index contributed by atoms with van der Waals surface area (Å²) in [5.74, 6) is 1.28. The Labute approximate surface area is 99.2 Å². The van der Waals surface area contributed by atoms with Gasteiger partial charge in [-0.1, -0.05) is 18.5 Å². The van der Waals surface area contributed by atoms with Gasteiger partial charge in [-0.15, -0.1) is 0 Å². The maximum absolute atomic E-state index is 13.3. The SMILES string of the molecule is CCC(N)CSCc1cc(Cl)ccc1F. The highest BCUT2D eigenvalue weighted by Crippen LogP contribution is 2.20. The Morgan fingerprint density at radius 3 is 2.93 bits per heavy atom. The fourth-order valence-electron chi connectivity index (χ4n) is 1.09. The Bertz CT molecular complexity index is 319. The molecule has 1 aromatic rings. The van der Waals surface area contributed by atoms with Gasteiger partial charge in [-0.2, -0.15) is 11.8 Å². The minimum absolute atomic E-state index is 0.192. The lowest BCUT2D eigenvalue weighted by Crippen LogP contribution is -2.21. The molecule has 1 atom stereocenters. The van der Waals surface area contributed by atoms with Crippen molar-refractivity contribution < 1.29 is 4.39 Å². The van der Waals surface area contributed by atoms with Crippen LogP contribution in [-0.2, 0) is 5.75 Å². The summed E-state index contributed by atoms with van der Waals surface area (Å²) in [6.07, 6.45) is 0.949. The van der Waals surface area contributed by atoms with Gasteiger partial charge in [0.25, 0.3) is 0 Å². The highest BCUT2D eigenvalue weighted by atomic mass is 35.5. The van der Waals surface area contributed by atoms with Gasteiger partial charge in [-0.05, 0) is 30.2 Å². The normalized spacial score (nSPS) is 12.8. The molecule has 84 valence electrons. The highest BCUT2D eigenvalue weighted by Gasteiger charge is 2.04. The molecule has 0 spiro atoms. The summed E-state index contributed by atoms with van der Waals surface area (Å²) in [4.78, 5) is 0. The van der Waals surface area contributed by atoms with Crippen LogP contribution in [0.4, 0.5) is 4.39 Å². The van der Waals surface area contributed by atoms with Crippen LogP contribution in [-0.4, -0.2) is 11.8 Å². The molecule has 0 aliphatic heterocycles. The van der Waals surface area contributed by atoms with Gasteiger partial charge in [0, 0.05) is 22.6 Å². The minimum Gasteiger partial charge on any atom is -0.327 e. The fraction of sp³-hybridized carbons (Fsp3) is 0.455. The lowest BCUT2D eigenvalue weighted by atomic mass is 10.2. The zero-order valence-corrected chi connectivity index (χ0v) is 10.2. The van der Waals surface area contributed by atoms with Crippen LogP contribution in [0.1, 0.15) is 18.9 Å². The molecule has 15 heavy (non-hydrogen) atoms. The number of nitrogens with two attached hydrogens (primary N) is 1. The Balaban J connectivity index is 2.46. The number of halogens is 2. The molecule has 0 heterocycles. The monoisotopic (exact) mass is 247 g/mol. The predicted octanol–water partition coefficient (Wildman–Crippen LogP) is 3.45. The second-order valence-corrected chi connectivity index (χ2v) is 4.89. The first kappa shape index (κ1) is 12.8. The molecule has 0 bridgehead atoms. The van der Waals surface area contributed by atoms with Crippen molar-refractivity contribution >= 4 is 23.4 Å². The lowest BCUT2D eigenvalue weighted by molar-refractivity contribution is 0.617. The van der Waals surface area contributed by atoms with E-state index in [0.29, 0.717) is 16.3 Å². The molecule has 0 aromatic heterocycles. The molecule has 0 saturated carbocycles. The van der Waals surface area contributed by atoms with E-state index < -0.39 is 0 Å². The van der Waals surface area contributed by atoms with Gasteiger partial charge in [0.05, 0.1) is 0 Å². The Kier molecular flexibility index (Phi) is 5.43. The van der Waals surface area contributed by atoms with Gasteiger partial charge < -0.3 is 5.73 Å². The standard InChI is InChI=1S/C11H15ClFNS/c1-2-10(14)7-15-6-8-5-9(12)3-4-11(8)13/h3-5,10H,2,6-7,14H2,1H3. The number of rotatable bonds is 5. The fourth-order valence-corrected chi connectivity index (χ4v) is 2.38. The van der Waals surface area contributed by atoms with Crippen LogP contribution in [0.2, 0.25) is 5.02 Å². The number of thioether (sulfide) groups is 1. The highest BCUT2D eigenvalue weighted by molar-refractivity contribution is 7.98. The van der Waals surface area contributed by atoms with Gasteiger partial charge in [0.15, 0.2) is 0 Å². The smallest absolute Gasteiger partial charge is 0.127 e. The van der Waals surface area contributed by atoms with E-state index in [9.17, 15) is 4.39 Å². The molecule has 4 heteroatoms. The molecule has 1 aromatic carbocycles.